The second kappa shape index (κ2) is 7.80. The third-order valence-electron chi connectivity index (χ3n) is 4.81. The number of aryl methyl sites for hydroxylation is 1. The molecular formula is C23H24N2O2. The maximum absolute atomic E-state index is 6.27. The Morgan fingerprint density at radius 1 is 1.04 bits per heavy atom. The van der Waals surface area contributed by atoms with Gasteiger partial charge in [-0.3, -0.25) is 4.99 Å². The predicted molar refractivity (Wildman–Crippen MR) is 111 cm³/mol. The molecule has 0 saturated heterocycles. The predicted octanol–water partition coefficient (Wildman–Crippen LogP) is 4.19. The van der Waals surface area contributed by atoms with Crippen molar-refractivity contribution in [1.82, 2.24) is 5.32 Å². The Hall–Kier alpha value is -2.85. The van der Waals surface area contributed by atoms with Gasteiger partial charge in [-0.05, 0) is 29.3 Å². The summed E-state index contributed by atoms with van der Waals surface area (Å²) in [6.07, 6.45) is 0. The number of methoxy groups -OCH3 is 1. The lowest BCUT2D eigenvalue weighted by atomic mass is 9.93. The number of nitrogens with one attached hydrogen (secondary N) is 1. The van der Waals surface area contributed by atoms with E-state index in [-0.39, 0.29) is 0 Å². The van der Waals surface area contributed by atoms with E-state index in [1.54, 1.807) is 7.11 Å². The highest BCUT2D eigenvalue weighted by molar-refractivity contribution is 6.11. The van der Waals surface area contributed by atoms with E-state index in [2.05, 4.69) is 71.8 Å². The van der Waals surface area contributed by atoms with Gasteiger partial charge in [-0.1, -0.05) is 54.1 Å². The van der Waals surface area contributed by atoms with Crippen LogP contribution in [0.25, 0.3) is 21.9 Å². The Kier molecular flexibility index (Phi) is 5.07. The highest BCUT2D eigenvalue weighted by atomic mass is 16.5. The number of hydrogen-bond donors (Lipinski definition) is 1. The monoisotopic (exact) mass is 360 g/mol. The third kappa shape index (κ3) is 3.53. The van der Waals surface area contributed by atoms with Gasteiger partial charge in [0.2, 0.25) is 0 Å². The summed E-state index contributed by atoms with van der Waals surface area (Å²) >= 11 is 0. The summed E-state index contributed by atoms with van der Waals surface area (Å²) in [5, 5.41) is 5.75. The fourth-order valence-corrected chi connectivity index (χ4v) is 3.47. The quantitative estimate of drug-likeness (QED) is 0.670. The standard InChI is InChI=1S/C23H24N2O2/c1-16-7-9-17(10-8-16)21-19-6-4-3-5-18(19)15-20(23-24-11-12-25-23)22(21)27-14-13-26-2/h3-10,15H,11-14H2,1-2H3,(H,24,25). The number of hydrogen-bond acceptors (Lipinski definition) is 4. The van der Waals surface area contributed by atoms with Crippen LogP contribution in [0, 0.1) is 6.92 Å². The van der Waals surface area contributed by atoms with Gasteiger partial charge in [0.15, 0.2) is 0 Å². The van der Waals surface area contributed by atoms with E-state index in [1.807, 2.05) is 0 Å². The number of amidine groups is 1. The van der Waals surface area contributed by atoms with Gasteiger partial charge in [0, 0.05) is 19.2 Å². The first-order valence-corrected chi connectivity index (χ1v) is 9.31. The molecule has 138 valence electrons. The lowest BCUT2D eigenvalue weighted by Crippen LogP contribution is -2.21. The fraction of sp³-hybridized carbons (Fsp3) is 0.261. The van der Waals surface area contributed by atoms with Crippen LogP contribution in [0.5, 0.6) is 5.75 Å². The van der Waals surface area contributed by atoms with Crippen molar-refractivity contribution in [1.29, 1.82) is 0 Å². The molecule has 0 aliphatic carbocycles. The van der Waals surface area contributed by atoms with Gasteiger partial charge in [-0.15, -0.1) is 0 Å². The normalized spacial score (nSPS) is 13.5. The molecule has 0 atom stereocenters. The summed E-state index contributed by atoms with van der Waals surface area (Å²) in [5.74, 6) is 1.77. The zero-order chi connectivity index (χ0) is 18.6. The van der Waals surface area contributed by atoms with Gasteiger partial charge in [0.25, 0.3) is 0 Å². The summed E-state index contributed by atoms with van der Waals surface area (Å²) in [7, 11) is 1.69. The first-order valence-electron chi connectivity index (χ1n) is 9.31. The molecule has 3 aromatic carbocycles. The molecule has 4 rings (SSSR count). The van der Waals surface area contributed by atoms with Crippen LogP contribution in [0.3, 0.4) is 0 Å². The molecule has 0 radical (unpaired) electrons. The van der Waals surface area contributed by atoms with Gasteiger partial charge in [-0.2, -0.15) is 0 Å². The molecule has 1 N–H and O–H groups in total. The van der Waals surface area contributed by atoms with Gasteiger partial charge in [-0.25, -0.2) is 0 Å². The second-order valence-electron chi connectivity index (χ2n) is 6.71. The Morgan fingerprint density at radius 3 is 2.59 bits per heavy atom. The van der Waals surface area contributed by atoms with Crippen LogP contribution in [0.2, 0.25) is 0 Å². The van der Waals surface area contributed by atoms with E-state index >= 15 is 0 Å². The minimum Gasteiger partial charge on any atom is -0.490 e. The number of aliphatic imine (C=N–C) groups is 1. The van der Waals surface area contributed by atoms with Crippen LogP contribution in [0.1, 0.15) is 11.1 Å². The van der Waals surface area contributed by atoms with Crippen LogP contribution >= 0.6 is 0 Å². The summed E-state index contributed by atoms with van der Waals surface area (Å²) < 4.78 is 11.5. The van der Waals surface area contributed by atoms with Gasteiger partial charge >= 0.3 is 0 Å². The molecular weight excluding hydrogens is 336 g/mol. The molecule has 1 aliphatic rings. The highest BCUT2D eigenvalue weighted by Gasteiger charge is 2.21. The van der Waals surface area contributed by atoms with Gasteiger partial charge < -0.3 is 14.8 Å². The van der Waals surface area contributed by atoms with Crippen molar-refractivity contribution in [2.75, 3.05) is 33.4 Å². The first-order chi connectivity index (χ1) is 13.3. The molecule has 4 nitrogen and oxygen atoms in total. The van der Waals surface area contributed by atoms with E-state index in [4.69, 9.17) is 9.47 Å². The average Bonchev–Trinajstić information content (AvgIpc) is 3.23. The summed E-state index contributed by atoms with van der Waals surface area (Å²) in [5.41, 5.74) is 4.50. The Bertz CT molecular complexity index is 978. The number of ether oxygens (including phenoxy) is 2. The number of nitrogens with zero attached hydrogens (tertiary/aromatic N) is 1. The lowest BCUT2D eigenvalue weighted by Gasteiger charge is -2.19. The van der Waals surface area contributed by atoms with Crippen molar-refractivity contribution in [3.8, 4) is 16.9 Å². The van der Waals surface area contributed by atoms with Gasteiger partial charge in [0.1, 0.15) is 18.2 Å². The van der Waals surface area contributed by atoms with Gasteiger partial charge in [0.05, 0.1) is 18.7 Å². The number of rotatable bonds is 6. The first kappa shape index (κ1) is 17.6. The van der Waals surface area contributed by atoms with E-state index in [0.717, 1.165) is 41.4 Å². The zero-order valence-corrected chi connectivity index (χ0v) is 15.8. The molecule has 4 heteroatoms. The molecule has 0 saturated carbocycles. The summed E-state index contributed by atoms with van der Waals surface area (Å²) in [4.78, 5) is 4.64. The summed E-state index contributed by atoms with van der Waals surface area (Å²) in [6.45, 7) is 4.79. The topological polar surface area (TPSA) is 42.9 Å². The third-order valence-corrected chi connectivity index (χ3v) is 4.81. The van der Waals surface area contributed by atoms with E-state index in [0.29, 0.717) is 13.2 Å². The largest absolute Gasteiger partial charge is 0.490 e. The maximum atomic E-state index is 6.27. The molecule has 27 heavy (non-hydrogen) atoms. The Balaban J connectivity index is 1.98. The Morgan fingerprint density at radius 2 is 1.85 bits per heavy atom. The maximum Gasteiger partial charge on any atom is 0.138 e. The van der Waals surface area contributed by atoms with E-state index < -0.39 is 0 Å². The van der Waals surface area contributed by atoms with Crippen LogP contribution in [-0.4, -0.2) is 39.2 Å². The zero-order valence-electron chi connectivity index (χ0n) is 15.8. The molecule has 1 heterocycles. The van der Waals surface area contributed by atoms with Crippen molar-refractivity contribution in [2.45, 2.75) is 6.92 Å². The van der Waals surface area contributed by atoms with Crippen molar-refractivity contribution in [3.05, 3.63) is 65.7 Å². The molecule has 0 spiro atoms. The average molecular weight is 360 g/mol. The van der Waals surface area contributed by atoms with Crippen molar-refractivity contribution in [2.24, 2.45) is 4.99 Å². The summed E-state index contributed by atoms with van der Waals surface area (Å²) in [6, 6.07) is 19.2. The molecule has 0 fully saturated rings. The minimum atomic E-state index is 0.494. The fourth-order valence-electron chi connectivity index (χ4n) is 3.47. The number of fused-ring (bicyclic) bond motifs is 1. The van der Waals surface area contributed by atoms with Crippen molar-refractivity contribution in [3.63, 3.8) is 0 Å². The lowest BCUT2D eigenvalue weighted by molar-refractivity contribution is 0.146. The van der Waals surface area contributed by atoms with Crippen LogP contribution in [-0.2, 0) is 4.74 Å². The molecule has 0 amide bonds. The molecule has 0 aromatic heterocycles. The second-order valence-corrected chi connectivity index (χ2v) is 6.71. The SMILES string of the molecule is COCCOc1c(C2=NCCN2)cc2ccccc2c1-c1ccc(C)cc1. The van der Waals surface area contributed by atoms with Crippen LogP contribution < -0.4 is 10.1 Å². The van der Waals surface area contributed by atoms with E-state index in [1.165, 1.54) is 16.3 Å². The smallest absolute Gasteiger partial charge is 0.138 e. The van der Waals surface area contributed by atoms with Crippen molar-refractivity contribution < 1.29 is 9.47 Å². The van der Waals surface area contributed by atoms with Crippen LogP contribution in [0.15, 0.2) is 59.6 Å². The molecule has 0 bridgehead atoms. The van der Waals surface area contributed by atoms with Crippen LogP contribution in [0.4, 0.5) is 0 Å². The molecule has 3 aromatic rings. The Labute approximate surface area is 159 Å². The molecule has 1 aliphatic heterocycles. The van der Waals surface area contributed by atoms with E-state index in [9.17, 15) is 0 Å². The highest BCUT2D eigenvalue weighted by Crippen LogP contribution is 2.40. The van der Waals surface area contributed by atoms with Crippen molar-refractivity contribution >= 4 is 16.6 Å². The molecule has 0 unspecified atom stereocenters. The number of benzene rings is 3. The minimum absolute atomic E-state index is 0.494.